The maximum atomic E-state index is 12.5. The number of guanidine groups is 1. The third-order valence-electron chi connectivity index (χ3n) is 4.02. The van der Waals surface area contributed by atoms with Gasteiger partial charge in [0.15, 0.2) is 15.8 Å². The summed E-state index contributed by atoms with van der Waals surface area (Å²) < 4.78 is 24.1. The molecule has 1 unspecified atom stereocenters. The van der Waals surface area contributed by atoms with Gasteiger partial charge < -0.3 is 11.5 Å². The van der Waals surface area contributed by atoms with Crippen LogP contribution in [0.25, 0.3) is 0 Å². The second-order valence-corrected chi connectivity index (χ2v) is 9.12. The van der Waals surface area contributed by atoms with Crippen LogP contribution >= 0.6 is 0 Å². The zero-order valence-electron chi connectivity index (χ0n) is 15.5. The largest absolute Gasteiger partial charge is 0.370 e. The lowest BCUT2D eigenvalue weighted by atomic mass is 10.0. The highest BCUT2D eigenvalue weighted by atomic mass is 32.2. The molecule has 0 bridgehead atoms. The van der Waals surface area contributed by atoms with E-state index in [1.54, 1.807) is 6.92 Å². The number of nitrogens with zero attached hydrogens (tertiary/aromatic N) is 1. The minimum absolute atomic E-state index is 0.0751. The molecule has 1 atom stereocenters. The monoisotopic (exact) mass is 355 g/mol. The smallest absolute Gasteiger partial charge is 0.185 e. The van der Waals surface area contributed by atoms with E-state index in [0.717, 1.165) is 12.8 Å². The first kappa shape index (κ1) is 22.4. The van der Waals surface area contributed by atoms with Crippen LogP contribution in [0, 0.1) is 0 Å². The molecular formula is C18H33N3O2S. The molecule has 0 radical (unpaired) electrons. The van der Waals surface area contributed by atoms with Crippen LogP contribution in [0.1, 0.15) is 53.4 Å². The van der Waals surface area contributed by atoms with Gasteiger partial charge in [0.05, 0.1) is 17.0 Å². The van der Waals surface area contributed by atoms with Crippen LogP contribution < -0.4 is 11.5 Å². The Bertz CT molecular complexity index is 596. The molecule has 0 aliphatic rings. The molecule has 6 heteroatoms. The van der Waals surface area contributed by atoms with Gasteiger partial charge >= 0.3 is 0 Å². The lowest BCUT2D eigenvalue weighted by molar-refractivity contribution is 0.550. The fourth-order valence-corrected chi connectivity index (χ4v) is 3.69. The third kappa shape index (κ3) is 8.34. The second-order valence-electron chi connectivity index (χ2n) is 6.55. The summed E-state index contributed by atoms with van der Waals surface area (Å²) in [6.07, 6.45) is 9.05. The number of rotatable bonds is 11. The zero-order chi connectivity index (χ0) is 18.8. The SMILES string of the molecule is C=CC(C)(CC/C=C(\C)CCC=C(C)C)S(=O)(=O)CCN=C(N)N. The summed E-state index contributed by atoms with van der Waals surface area (Å²) in [6.45, 7) is 11.7. The van der Waals surface area contributed by atoms with E-state index in [4.69, 9.17) is 11.5 Å². The van der Waals surface area contributed by atoms with Crippen molar-refractivity contribution in [2.45, 2.75) is 58.1 Å². The Hall–Kier alpha value is -1.56. The number of hydrogen-bond acceptors (Lipinski definition) is 3. The van der Waals surface area contributed by atoms with Crippen LogP contribution in [0.15, 0.2) is 40.9 Å². The van der Waals surface area contributed by atoms with Gasteiger partial charge in [0, 0.05) is 0 Å². The van der Waals surface area contributed by atoms with Gasteiger partial charge in [0.25, 0.3) is 0 Å². The summed E-state index contributed by atoms with van der Waals surface area (Å²) in [5.74, 6) is -0.183. The summed E-state index contributed by atoms with van der Waals surface area (Å²) in [7, 11) is -3.37. The molecule has 0 fully saturated rings. The highest BCUT2D eigenvalue weighted by molar-refractivity contribution is 7.93. The van der Waals surface area contributed by atoms with Crippen LogP contribution in [-0.2, 0) is 9.84 Å². The van der Waals surface area contributed by atoms with Crippen LogP contribution in [-0.4, -0.2) is 31.4 Å². The Morgan fingerprint density at radius 2 is 1.79 bits per heavy atom. The molecule has 0 spiro atoms. The molecule has 0 saturated carbocycles. The molecule has 24 heavy (non-hydrogen) atoms. The van der Waals surface area contributed by atoms with Crippen molar-refractivity contribution in [2.24, 2.45) is 16.5 Å². The summed E-state index contributed by atoms with van der Waals surface area (Å²) in [5.41, 5.74) is 13.1. The lowest BCUT2D eigenvalue weighted by Gasteiger charge is -2.25. The van der Waals surface area contributed by atoms with E-state index in [9.17, 15) is 8.42 Å². The van der Waals surface area contributed by atoms with Crippen LogP contribution in [0.3, 0.4) is 0 Å². The molecule has 5 nitrogen and oxygen atoms in total. The summed E-state index contributed by atoms with van der Waals surface area (Å²) in [6, 6.07) is 0. The Kier molecular flexibility index (Phi) is 9.66. The van der Waals surface area contributed by atoms with Crippen molar-refractivity contribution in [3.05, 3.63) is 36.0 Å². The Morgan fingerprint density at radius 3 is 2.29 bits per heavy atom. The minimum Gasteiger partial charge on any atom is -0.370 e. The standard InChI is InChI=1S/C18H33N3O2S/c1-6-18(5,24(22,23)14-13-21-17(19)20)12-8-11-16(4)10-7-9-15(2)3/h6,9,11H,1,7-8,10,12-14H2,2-5H3,(H4,19,20,21)/b16-11+. The van der Waals surface area contributed by atoms with Gasteiger partial charge in [-0.1, -0.05) is 29.4 Å². The molecule has 138 valence electrons. The maximum absolute atomic E-state index is 12.5. The highest BCUT2D eigenvalue weighted by Crippen LogP contribution is 2.26. The number of nitrogens with two attached hydrogens (primary N) is 2. The average Bonchev–Trinajstić information content (AvgIpc) is 2.45. The van der Waals surface area contributed by atoms with E-state index in [0.29, 0.717) is 12.8 Å². The topological polar surface area (TPSA) is 98.5 Å². The first-order chi connectivity index (χ1) is 11.0. The van der Waals surface area contributed by atoms with Gasteiger partial charge in [0.1, 0.15) is 0 Å². The molecule has 4 N–H and O–H groups in total. The molecule has 0 rings (SSSR count). The van der Waals surface area contributed by atoms with Crippen molar-refractivity contribution in [3.63, 3.8) is 0 Å². The molecule has 0 aliphatic heterocycles. The summed E-state index contributed by atoms with van der Waals surface area (Å²) >= 11 is 0. The lowest BCUT2D eigenvalue weighted by Crippen LogP contribution is -2.36. The minimum atomic E-state index is -3.37. The van der Waals surface area contributed by atoms with Crippen LogP contribution in [0.2, 0.25) is 0 Å². The van der Waals surface area contributed by atoms with Crippen molar-refractivity contribution in [3.8, 4) is 0 Å². The predicted molar refractivity (Wildman–Crippen MR) is 105 cm³/mol. The first-order valence-corrected chi connectivity index (χ1v) is 9.89. The van der Waals surface area contributed by atoms with E-state index in [-0.39, 0.29) is 18.3 Å². The Balaban J connectivity index is 4.74. The van der Waals surface area contributed by atoms with Gasteiger partial charge in [-0.15, -0.1) is 6.58 Å². The van der Waals surface area contributed by atoms with Gasteiger partial charge in [-0.05, 0) is 53.4 Å². The quantitative estimate of drug-likeness (QED) is 0.338. The molecule has 0 aromatic heterocycles. The number of allylic oxidation sites excluding steroid dienone is 4. The molecular weight excluding hydrogens is 322 g/mol. The molecule has 0 aromatic rings. The molecule has 0 saturated heterocycles. The number of hydrogen-bond donors (Lipinski definition) is 2. The van der Waals surface area contributed by atoms with Gasteiger partial charge in [-0.25, -0.2) is 8.42 Å². The fraction of sp³-hybridized carbons (Fsp3) is 0.611. The van der Waals surface area contributed by atoms with Crippen molar-refractivity contribution in [2.75, 3.05) is 12.3 Å². The van der Waals surface area contributed by atoms with Crippen molar-refractivity contribution in [1.82, 2.24) is 0 Å². The van der Waals surface area contributed by atoms with Crippen molar-refractivity contribution < 1.29 is 8.42 Å². The van der Waals surface area contributed by atoms with E-state index < -0.39 is 14.6 Å². The zero-order valence-corrected chi connectivity index (χ0v) is 16.3. The summed E-state index contributed by atoms with van der Waals surface area (Å²) in [5, 5.41) is 0. The van der Waals surface area contributed by atoms with E-state index in [1.807, 2.05) is 0 Å². The van der Waals surface area contributed by atoms with Gasteiger partial charge in [-0.2, -0.15) is 0 Å². The maximum Gasteiger partial charge on any atom is 0.185 e. The van der Waals surface area contributed by atoms with Crippen LogP contribution in [0.5, 0.6) is 0 Å². The van der Waals surface area contributed by atoms with E-state index in [2.05, 4.69) is 44.5 Å². The highest BCUT2D eigenvalue weighted by Gasteiger charge is 2.34. The molecule has 0 heterocycles. The summed E-state index contributed by atoms with van der Waals surface area (Å²) in [4.78, 5) is 3.76. The van der Waals surface area contributed by atoms with E-state index >= 15 is 0 Å². The molecule has 0 aromatic carbocycles. The number of sulfone groups is 1. The Labute approximate surface area is 147 Å². The van der Waals surface area contributed by atoms with Gasteiger partial charge in [-0.3, -0.25) is 4.99 Å². The third-order valence-corrected chi connectivity index (χ3v) is 6.53. The molecule has 0 aliphatic carbocycles. The normalized spacial score (nSPS) is 14.6. The average molecular weight is 356 g/mol. The van der Waals surface area contributed by atoms with Crippen molar-refractivity contribution >= 4 is 15.8 Å². The second kappa shape index (κ2) is 10.3. The van der Waals surface area contributed by atoms with Gasteiger partial charge in [0.2, 0.25) is 0 Å². The predicted octanol–water partition coefficient (Wildman–Crippen LogP) is 3.09. The van der Waals surface area contributed by atoms with Crippen molar-refractivity contribution in [1.29, 1.82) is 0 Å². The van der Waals surface area contributed by atoms with Crippen LogP contribution in [0.4, 0.5) is 0 Å². The number of aliphatic imine (C=N–C) groups is 1. The van der Waals surface area contributed by atoms with E-state index in [1.165, 1.54) is 17.2 Å². The first-order valence-electron chi connectivity index (χ1n) is 8.24. The Morgan fingerprint density at radius 1 is 1.17 bits per heavy atom. The fourth-order valence-electron chi connectivity index (χ4n) is 2.21. The molecule has 0 amide bonds.